The molecule has 2 unspecified atom stereocenters. The van der Waals surface area contributed by atoms with Crippen molar-refractivity contribution in [1.29, 1.82) is 0 Å². The molecule has 0 bridgehead atoms. The standard InChI is InChI=1S/2C10H10O4.2C4H9.Sn/c2*1-7(11)14-9(10(12)13)8-5-3-2-4-6-8;2*1-3-4-2;/h2*2-6,9H,1H3,(H,12,13);2*1,3-4H2,2H3;. The Bertz CT molecular complexity index is 843. The minimum atomic E-state index is -1.21. The average Bonchev–Trinajstić information content (AvgIpc) is 2.87. The molecule has 0 saturated heterocycles. The summed E-state index contributed by atoms with van der Waals surface area (Å²) >= 11 is 0.149. The number of carboxylic acid groups (broad SMARTS) is 2. The molecule has 0 spiro atoms. The number of hydrogen-bond acceptors (Lipinski definition) is 6. The van der Waals surface area contributed by atoms with E-state index in [-0.39, 0.29) is 21.1 Å². The number of carboxylic acids is 2. The van der Waals surface area contributed by atoms with Crippen molar-refractivity contribution >= 4 is 45.0 Å². The Hall–Kier alpha value is -2.88. The van der Waals surface area contributed by atoms with Gasteiger partial charge in [-0.25, -0.2) is 9.59 Å². The first-order valence-corrected chi connectivity index (χ1v) is 16.3. The van der Waals surface area contributed by atoms with Crippen LogP contribution < -0.4 is 0 Å². The molecule has 2 N–H and O–H groups in total. The maximum atomic E-state index is 10.8. The summed E-state index contributed by atoms with van der Waals surface area (Å²) in [7, 11) is 0. The van der Waals surface area contributed by atoms with Gasteiger partial charge in [0.25, 0.3) is 0 Å². The van der Waals surface area contributed by atoms with Gasteiger partial charge in [0.05, 0.1) is 0 Å². The van der Waals surface area contributed by atoms with E-state index in [2.05, 4.69) is 23.3 Å². The first-order chi connectivity index (χ1) is 17.6. The number of rotatable bonds is 12. The molecule has 2 aromatic rings. The second-order valence-electron chi connectivity index (χ2n) is 7.93. The average molecular weight is 621 g/mol. The Morgan fingerprint density at radius 1 is 0.676 bits per heavy atom. The van der Waals surface area contributed by atoms with Gasteiger partial charge >= 0.3 is 93.4 Å². The summed E-state index contributed by atoms with van der Waals surface area (Å²) in [5, 5.41) is 17.6. The van der Waals surface area contributed by atoms with Crippen molar-refractivity contribution in [2.75, 3.05) is 0 Å². The Kier molecular flexibility index (Phi) is 19.6. The quantitative estimate of drug-likeness (QED) is 0.171. The zero-order valence-electron chi connectivity index (χ0n) is 22.0. The van der Waals surface area contributed by atoms with E-state index >= 15 is 0 Å². The number of carbonyl (C=O) groups is 4. The van der Waals surface area contributed by atoms with Gasteiger partial charge in [-0.15, -0.1) is 0 Å². The molecule has 0 heterocycles. The molecule has 2 atom stereocenters. The fourth-order valence-corrected chi connectivity index (χ4v) is 7.00. The number of esters is 2. The van der Waals surface area contributed by atoms with Gasteiger partial charge in [0.1, 0.15) is 0 Å². The molecule has 0 saturated carbocycles. The zero-order chi connectivity index (χ0) is 28.1. The summed E-state index contributed by atoms with van der Waals surface area (Å²) in [4.78, 5) is 42.8. The Labute approximate surface area is 229 Å². The van der Waals surface area contributed by atoms with Crippen LogP contribution in [-0.4, -0.2) is 55.2 Å². The third-order valence-corrected chi connectivity index (χ3v) is 8.67. The van der Waals surface area contributed by atoms with Gasteiger partial charge in [-0.05, 0) is 0 Å². The van der Waals surface area contributed by atoms with Crippen LogP contribution in [0.15, 0.2) is 60.7 Å². The van der Waals surface area contributed by atoms with Gasteiger partial charge in [0.15, 0.2) is 0 Å². The summed E-state index contributed by atoms with van der Waals surface area (Å²) in [6.07, 6.45) is 3.41. The molecular formula is C28H38O8Sn. The van der Waals surface area contributed by atoms with E-state index in [0.717, 1.165) is 0 Å². The molecule has 2 radical (unpaired) electrons. The molecule has 9 heteroatoms. The molecule has 0 aliphatic rings. The van der Waals surface area contributed by atoms with Crippen molar-refractivity contribution in [2.45, 2.75) is 74.5 Å². The van der Waals surface area contributed by atoms with Gasteiger partial charge in [-0.3, -0.25) is 9.59 Å². The third-order valence-electron chi connectivity index (χ3n) is 4.64. The predicted molar refractivity (Wildman–Crippen MR) is 142 cm³/mol. The van der Waals surface area contributed by atoms with Crippen LogP contribution in [0.5, 0.6) is 0 Å². The van der Waals surface area contributed by atoms with E-state index in [4.69, 9.17) is 10.2 Å². The van der Waals surface area contributed by atoms with Crippen LogP contribution in [0.1, 0.15) is 76.7 Å². The molecule has 0 aliphatic heterocycles. The van der Waals surface area contributed by atoms with Crippen molar-refractivity contribution in [3.8, 4) is 0 Å². The number of hydrogen-bond donors (Lipinski definition) is 2. The van der Waals surface area contributed by atoms with Crippen LogP contribution >= 0.6 is 0 Å². The topological polar surface area (TPSA) is 127 Å². The van der Waals surface area contributed by atoms with Crippen LogP contribution in [-0.2, 0) is 28.7 Å². The zero-order valence-corrected chi connectivity index (χ0v) is 24.9. The van der Waals surface area contributed by atoms with Gasteiger partial charge in [0, 0.05) is 25.0 Å². The molecule has 0 fully saturated rings. The van der Waals surface area contributed by atoms with Crippen LogP contribution in [0.4, 0.5) is 0 Å². The summed E-state index contributed by atoms with van der Waals surface area (Å²) in [5.74, 6) is -3.57. The summed E-state index contributed by atoms with van der Waals surface area (Å²) in [5.41, 5.74) is 0.908. The molecular weight excluding hydrogens is 583 g/mol. The van der Waals surface area contributed by atoms with Gasteiger partial charge in [-0.1, -0.05) is 60.7 Å². The second-order valence-corrected chi connectivity index (χ2v) is 12.2. The van der Waals surface area contributed by atoms with Crippen molar-refractivity contribution in [3.05, 3.63) is 71.8 Å². The van der Waals surface area contributed by atoms with E-state index < -0.39 is 36.1 Å². The Morgan fingerprint density at radius 2 is 1.00 bits per heavy atom. The Balaban J connectivity index is 0.000000541. The number of unbranched alkanes of at least 4 members (excludes halogenated alkanes) is 2. The van der Waals surface area contributed by atoms with E-state index in [1.807, 2.05) is 0 Å². The first kappa shape index (κ1) is 34.1. The number of aliphatic carboxylic acids is 2. The van der Waals surface area contributed by atoms with Crippen molar-refractivity contribution < 1.29 is 38.9 Å². The minimum absolute atomic E-state index is 0.149. The normalized spacial score (nSPS) is 11.4. The fraction of sp³-hybridized carbons (Fsp3) is 0.429. The van der Waals surface area contributed by atoms with E-state index in [0.29, 0.717) is 11.1 Å². The summed E-state index contributed by atoms with van der Waals surface area (Å²) in [6.45, 7) is 6.94. The van der Waals surface area contributed by atoms with Crippen molar-refractivity contribution in [3.63, 3.8) is 0 Å². The molecule has 0 amide bonds. The number of carbonyl (C=O) groups excluding carboxylic acids is 2. The molecule has 202 valence electrons. The second kappa shape index (κ2) is 21.2. The first-order valence-electron chi connectivity index (χ1n) is 12.2. The molecule has 37 heavy (non-hydrogen) atoms. The number of benzene rings is 2. The molecule has 8 nitrogen and oxygen atoms in total. The number of ether oxygens (including phenoxy) is 2. The summed E-state index contributed by atoms with van der Waals surface area (Å²) < 4.78 is 12.6. The SMILES string of the molecule is CC(=O)OC(C(=O)O)c1ccccc1.CC(=O)OC(C(=O)O)c1ccccc1.CCC[CH2][Sn][CH2]CCC. The Morgan fingerprint density at radius 3 is 1.24 bits per heavy atom. The van der Waals surface area contributed by atoms with E-state index in [9.17, 15) is 19.2 Å². The molecule has 2 rings (SSSR count). The van der Waals surface area contributed by atoms with Gasteiger partial charge in [0.2, 0.25) is 12.2 Å². The molecule has 0 aliphatic carbocycles. The molecule has 0 aromatic heterocycles. The van der Waals surface area contributed by atoms with Crippen LogP contribution in [0.3, 0.4) is 0 Å². The monoisotopic (exact) mass is 622 g/mol. The van der Waals surface area contributed by atoms with E-state index in [1.54, 1.807) is 69.5 Å². The van der Waals surface area contributed by atoms with Crippen LogP contribution in [0.2, 0.25) is 8.87 Å². The van der Waals surface area contributed by atoms with Gasteiger partial charge in [-0.2, -0.15) is 0 Å². The van der Waals surface area contributed by atoms with Crippen LogP contribution in [0, 0.1) is 0 Å². The van der Waals surface area contributed by atoms with Crippen molar-refractivity contribution in [1.82, 2.24) is 0 Å². The summed E-state index contributed by atoms with van der Waals surface area (Å²) in [6, 6.07) is 16.7. The molecule has 2 aromatic carbocycles. The van der Waals surface area contributed by atoms with Crippen molar-refractivity contribution in [2.24, 2.45) is 0 Å². The third kappa shape index (κ3) is 17.2. The van der Waals surface area contributed by atoms with E-state index in [1.165, 1.54) is 39.5 Å². The van der Waals surface area contributed by atoms with Crippen LogP contribution in [0.25, 0.3) is 0 Å². The fourth-order valence-electron chi connectivity index (χ4n) is 2.84. The van der Waals surface area contributed by atoms with Gasteiger partial charge < -0.3 is 19.7 Å². The maximum absolute atomic E-state index is 10.8. The predicted octanol–water partition coefficient (Wildman–Crippen LogP) is 5.88.